The van der Waals surface area contributed by atoms with Crippen molar-refractivity contribution in [3.8, 4) is 12.0 Å². The number of anilines is 1. The molecule has 0 aliphatic heterocycles. The Morgan fingerprint density at radius 2 is 2.00 bits per heavy atom. The highest BCUT2D eigenvalue weighted by Crippen LogP contribution is 2.21. The van der Waals surface area contributed by atoms with Gasteiger partial charge in [-0.2, -0.15) is 20.1 Å². The third-order valence-corrected chi connectivity index (χ3v) is 3.04. The molecule has 2 rings (SSSR count). The number of nitrogens with zero attached hydrogens (tertiary/aromatic N) is 5. The third kappa shape index (κ3) is 2.60. The van der Waals surface area contributed by atoms with Crippen molar-refractivity contribution in [1.82, 2.24) is 24.7 Å². The predicted molar refractivity (Wildman–Crippen MR) is 72.1 cm³/mol. The molecule has 102 valence electrons. The number of nitrogens with one attached hydrogen (secondary N) is 1. The maximum Gasteiger partial charge on any atom is 0.323 e. The lowest BCUT2D eigenvalue weighted by Crippen LogP contribution is -2.11. The largest absolute Gasteiger partial charge is 0.464 e. The summed E-state index contributed by atoms with van der Waals surface area (Å²) in [4.78, 5) is 12.6. The minimum absolute atomic E-state index is 0.250. The molecule has 19 heavy (non-hydrogen) atoms. The van der Waals surface area contributed by atoms with Gasteiger partial charge >= 0.3 is 6.01 Å². The van der Waals surface area contributed by atoms with Crippen molar-refractivity contribution in [2.45, 2.75) is 20.8 Å². The van der Waals surface area contributed by atoms with Gasteiger partial charge in [-0.25, -0.2) is 4.68 Å². The first-order chi connectivity index (χ1) is 9.06. The molecule has 0 atom stereocenters. The van der Waals surface area contributed by atoms with Gasteiger partial charge in [0, 0.05) is 7.05 Å². The van der Waals surface area contributed by atoms with Crippen molar-refractivity contribution in [1.29, 1.82) is 0 Å². The van der Waals surface area contributed by atoms with Crippen molar-refractivity contribution < 1.29 is 4.74 Å². The van der Waals surface area contributed by atoms with E-state index in [0.29, 0.717) is 23.5 Å². The molecule has 7 nitrogen and oxygen atoms in total. The van der Waals surface area contributed by atoms with Crippen LogP contribution in [-0.2, 0) is 0 Å². The fraction of sp³-hybridized carbons (Fsp3) is 0.455. The van der Waals surface area contributed by atoms with Gasteiger partial charge in [0.25, 0.3) is 5.95 Å². The molecule has 0 aliphatic carbocycles. The van der Waals surface area contributed by atoms with Gasteiger partial charge in [-0.05, 0) is 20.8 Å². The van der Waals surface area contributed by atoms with E-state index in [-0.39, 0.29) is 6.01 Å². The van der Waals surface area contributed by atoms with Crippen molar-refractivity contribution in [2.75, 3.05) is 19.0 Å². The maximum absolute atomic E-state index is 6.12. The summed E-state index contributed by atoms with van der Waals surface area (Å²) in [6.07, 6.45) is 0. The number of hydrogen-bond acceptors (Lipinski definition) is 6. The Balaban J connectivity index is 2.54. The molecule has 0 bridgehead atoms. The topological polar surface area (TPSA) is 77.8 Å². The Morgan fingerprint density at radius 1 is 1.26 bits per heavy atom. The zero-order valence-electron chi connectivity index (χ0n) is 11.2. The Hall–Kier alpha value is -1.89. The molecule has 0 unspecified atom stereocenters. The molecule has 0 aliphatic rings. The lowest BCUT2D eigenvalue weighted by atomic mass is 10.4. The predicted octanol–water partition coefficient (Wildman–Crippen LogP) is 1.77. The van der Waals surface area contributed by atoms with Crippen LogP contribution in [0, 0.1) is 13.8 Å². The van der Waals surface area contributed by atoms with Crippen LogP contribution in [-0.4, -0.2) is 38.4 Å². The van der Waals surface area contributed by atoms with Crippen LogP contribution in [0.15, 0.2) is 0 Å². The molecular weight excluding hydrogens is 268 g/mol. The Bertz CT molecular complexity index is 597. The quantitative estimate of drug-likeness (QED) is 0.921. The van der Waals surface area contributed by atoms with E-state index in [9.17, 15) is 0 Å². The highest BCUT2D eigenvalue weighted by molar-refractivity contribution is 6.31. The first-order valence-electron chi connectivity index (χ1n) is 5.85. The molecule has 0 radical (unpaired) electrons. The second kappa shape index (κ2) is 5.40. The Labute approximate surface area is 116 Å². The summed E-state index contributed by atoms with van der Waals surface area (Å²) < 4.78 is 6.88. The average molecular weight is 283 g/mol. The van der Waals surface area contributed by atoms with Crippen LogP contribution < -0.4 is 10.1 Å². The smallest absolute Gasteiger partial charge is 0.323 e. The molecule has 0 fully saturated rings. The SMILES string of the molecule is CCOc1nc(NC)nc(-n2nc(C)c(Cl)c2C)n1. The number of aromatic nitrogens is 5. The summed E-state index contributed by atoms with van der Waals surface area (Å²) in [6, 6.07) is 0.250. The van der Waals surface area contributed by atoms with Gasteiger partial charge in [0.05, 0.1) is 23.0 Å². The average Bonchev–Trinajstić information content (AvgIpc) is 2.66. The maximum atomic E-state index is 6.12. The van der Waals surface area contributed by atoms with Gasteiger partial charge in [0.15, 0.2) is 0 Å². The minimum Gasteiger partial charge on any atom is -0.464 e. The van der Waals surface area contributed by atoms with E-state index >= 15 is 0 Å². The van der Waals surface area contributed by atoms with Gasteiger partial charge in [0.2, 0.25) is 5.95 Å². The van der Waals surface area contributed by atoms with Crippen LogP contribution in [0.5, 0.6) is 6.01 Å². The Kier molecular flexibility index (Phi) is 3.84. The lowest BCUT2D eigenvalue weighted by Gasteiger charge is -2.07. The van der Waals surface area contributed by atoms with Crippen molar-refractivity contribution >= 4 is 17.5 Å². The van der Waals surface area contributed by atoms with Crippen LogP contribution in [0.4, 0.5) is 5.95 Å². The summed E-state index contributed by atoms with van der Waals surface area (Å²) in [7, 11) is 1.73. The van der Waals surface area contributed by atoms with Gasteiger partial charge in [-0.15, -0.1) is 0 Å². The zero-order valence-corrected chi connectivity index (χ0v) is 12.0. The number of aryl methyl sites for hydroxylation is 1. The number of rotatable bonds is 4. The monoisotopic (exact) mass is 282 g/mol. The highest BCUT2D eigenvalue weighted by atomic mass is 35.5. The highest BCUT2D eigenvalue weighted by Gasteiger charge is 2.15. The number of hydrogen-bond donors (Lipinski definition) is 1. The van der Waals surface area contributed by atoms with Crippen LogP contribution in [0.1, 0.15) is 18.3 Å². The minimum atomic E-state index is 0.250. The fourth-order valence-electron chi connectivity index (χ4n) is 1.56. The first-order valence-corrected chi connectivity index (χ1v) is 6.23. The van der Waals surface area contributed by atoms with E-state index in [1.165, 1.54) is 0 Å². The molecular formula is C11H15ClN6O. The van der Waals surface area contributed by atoms with Crippen LogP contribution in [0.25, 0.3) is 5.95 Å². The molecule has 0 amide bonds. The molecule has 2 aromatic rings. The molecule has 0 aromatic carbocycles. The number of ether oxygens (including phenoxy) is 1. The zero-order chi connectivity index (χ0) is 14.0. The number of halogens is 1. The summed E-state index contributed by atoms with van der Waals surface area (Å²) in [5, 5.41) is 7.77. The van der Waals surface area contributed by atoms with Crippen molar-refractivity contribution in [3.05, 3.63) is 16.4 Å². The standard InChI is InChI=1S/C11H15ClN6O/c1-5-19-11-15-9(13-4)14-10(16-11)18-7(3)8(12)6(2)17-18/h5H2,1-4H3,(H,13,14,15,16). The van der Waals surface area contributed by atoms with Gasteiger partial charge in [-0.1, -0.05) is 11.6 Å². The second-order valence-electron chi connectivity index (χ2n) is 3.82. The summed E-state index contributed by atoms with van der Waals surface area (Å²) in [5.41, 5.74) is 1.50. The van der Waals surface area contributed by atoms with E-state index < -0.39 is 0 Å². The molecule has 2 aromatic heterocycles. The second-order valence-corrected chi connectivity index (χ2v) is 4.20. The Morgan fingerprint density at radius 3 is 2.53 bits per heavy atom. The molecule has 2 heterocycles. The fourth-order valence-corrected chi connectivity index (χ4v) is 1.68. The van der Waals surface area contributed by atoms with Crippen molar-refractivity contribution in [2.24, 2.45) is 0 Å². The summed E-state index contributed by atoms with van der Waals surface area (Å²) in [5.74, 6) is 0.785. The normalized spacial score (nSPS) is 10.6. The molecule has 0 saturated heterocycles. The van der Waals surface area contributed by atoms with E-state index in [2.05, 4.69) is 25.4 Å². The van der Waals surface area contributed by atoms with Gasteiger partial charge in [-0.3, -0.25) is 0 Å². The van der Waals surface area contributed by atoms with Crippen LogP contribution >= 0.6 is 11.6 Å². The van der Waals surface area contributed by atoms with E-state index in [1.54, 1.807) is 11.7 Å². The third-order valence-electron chi connectivity index (χ3n) is 2.49. The molecule has 8 heteroatoms. The molecule has 1 N–H and O–H groups in total. The van der Waals surface area contributed by atoms with Gasteiger partial charge < -0.3 is 10.1 Å². The van der Waals surface area contributed by atoms with Crippen LogP contribution in [0.3, 0.4) is 0 Å². The van der Waals surface area contributed by atoms with E-state index in [4.69, 9.17) is 16.3 Å². The van der Waals surface area contributed by atoms with Crippen molar-refractivity contribution in [3.63, 3.8) is 0 Å². The van der Waals surface area contributed by atoms with E-state index in [1.807, 2.05) is 20.8 Å². The summed E-state index contributed by atoms with van der Waals surface area (Å²) in [6.45, 7) is 6.02. The first kappa shape index (κ1) is 13.5. The molecule has 0 spiro atoms. The summed E-state index contributed by atoms with van der Waals surface area (Å²) >= 11 is 6.12. The van der Waals surface area contributed by atoms with E-state index in [0.717, 1.165) is 11.4 Å². The molecule has 0 saturated carbocycles. The van der Waals surface area contributed by atoms with Crippen LogP contribution in [0.2, 0.25) is 5.02 Å². The van der Waals surface area contributed by atoms with Gasteiger partial charge in [0.1, 0.15) is 0 Å². The lowest BCUT2D eigenvalue weighted by molar-refractivity contribution is 0.311.